The Morgan fingerprint density at radius 2 is 2.05 bits per heavy atom. The van der Waals surface area contributed by atoms with Crippen molar-refractivity contribution in [2.24, 2.45) is 0 Å². The molecule has 0 saturated heterocycles. The molecular weight excluding hydrogens is 340 g/mol. The number of fused-ring (bicyclic) bond motifs is 1. The maximum atomic E-state index is 12.6. The number of pyridine rings is 1. The third-order valence-corrected chi connectivity index (χ3v) is 5.21. The summed E-state index contributed by atoms with van der Waals surface area (Å²) >= 11 is 3.35. The average Bonchev–Trinajstić information content (AvgIpc) is 2.36. The Morgan fingerprint density at radius 3 is 2.75 bits per heavy atom. The number of benzene rings is 1. The van der Waals surface area contributed by atoms with Crippen molar-refractivity contribution < 1.29 is 8.42 Å². The van der Waals surface area contributed by atoms with Gasteiger partial charge in [-0.1, -0.05) is 28.1 Å². The van der Waals surface area contributed by atoms with E-state index in [0.717, 1.165) is 10.7 Å². The lowest BCUT2D eigenvalue weighted by Crippen LogP contribution is -2.43. The highest BCUT2D eigenvalue weighted by atomic mass is 79.9. The maximum Gasteiger partial charge on any atom is 0.241 e. The van der Waals surface area contributed by atoms with E-state index < -0.39 is 15.6 Å². The lowest BCUT2D eigenvalue weighted by molar-refractivity contribution is 0.444. The number of alkyl halides is 1. The smallest absolute Gasteiger partial charge is 0.241 e. The van der Waals surface area contributed by atoms with Crippen LogP contribution in [0.15, 0.2) is 41.6 Å². The molecule has 0 atom stereocenters. The summed E-state index contributed by atoms with van der Waals surface area (Å²) in [6.07, 6.45) is 3.97. The minimum atomic E-state index is -3.57. The Balaban J connectivity index is 2.47. The molecule has 0 aliphatic heterocycles. The van der Waals surface area contributed by atoms with Crippen LogP contribution in [-0.4, -0.2) is 24.3 Å². The zero-order valence-corrected chi connectivity index (χ0v) is 13.8. The number of nitrogens with one attached hydrogen (secondary N) is 1. The molecular formula is C14H17BrN2O2S. The second-order valence-electron chi connectivity index (χ2n) is 5.28. The molecule has 0 fully saturated rings. The van der Waals surface area contributed by atoms with Crippen LogP contribution in [-0.2, 0) is 10.0 Å². The van der Waals surface area contributed by atoms with E-state index in [1.807, 2.05) is 19.9 Å². The van der Waals surface area contributed by atoms with Crippen LogP contribution in [0.2, 0.25) is 0 Å². The summed E-state index contributed by atoms with van der Waals surface area (Å²) in [5.74, 6) is 0. The van der Waals surface area contributed by atoms with Gasteiger partial charge in [-0.25, -0.2) is 13.1 Å². The Kier molecular flexibility index (Phi) is 4.46. The van der Waals surface area contributed by atoms with Gasteiger partial charge in [-0.05, 0) is 32.4 Å². The van der Waals surface area contributed by atoms with E-state index in [9.17, 15) is 8.42 Å². The van der Waals surface area contributed by atoms with Crippen molar-refractivity contribution in [3.05, 3.63) is 36.7 Å². The molecule has 1 heterocycles. The number of rotatable bonds is 5. The van der Waals surface area contributed by atoms with Gasteiger partial charge in [0.2, 0.25) is 10.0 Å². The molecule has 2 aromatic rings. The fourth-order valence-electron chi connectivity index (χ4n) is 2.03. The van der Waals surface area contributed by atoms with Crippen molar-refractivity contribution >= 4 is 36.7 Å². The van der Waals surface area contributed by atoms with Gasteiger partial charge in [0, 0.05) is 34.0 Å². The highest BCUT2D eigenvalue weighted by Crippen LogP contribution is 2.24. The number of nitrogens with zero attached hydrogens (tertiary/aromatic N) is 1. The summed E-state index contributed by atoms with van der Waals surface area (Å²) in [6, 6.07) is 6.93. The molecule has 0 radical (unpaired) electrons. The average molecular weight is 357 g/mol. The monoisotopic (exact) mass is 356 g/mol. The highest BCUT2D eigenvalue weighted by molar-refractivity contribution is 9.09. The lowest BCUT2D eigenvalue weighted by Gasteiger charge is -2.25. The molecule has 0 spiro atoms. The quantitative estimate of drug-likeness (QED) is 0.837. The van der Waals surface area contributed by atoms with Crippen LogP contribution < -0.4 is 4.72 Å². The normalized spacial score (nSPS) is 12.8. The Labute approximate surface area is 127 Å². The fourth-order valence-corrected chi connectivity index (χ4v) is 4.70. The largest absolute Gasteiger partial charge is 0.264 e. The van der Waals surface area contributed by atoms with Crippen molar-refractivity contribution in [1.29, 1.82) is 0 Å². The second kappa shape index (κ2) is 5.79. The first-order valence-corrected chi connectivity index (χ1v) is 8.89. The lowest BCUT2D eigenvalue weighted by atomic mass is 10.0. The van der Waals surface area contributed by atoms with E-state index in [1.54, 1.807) is 30.6 Å². The van der Waals surface area contributed by atoms with E-state index in [4.69, 9.17) is 0 Å². The summed E-state index contributed by atoms with van der Waals surface area (Å²) in [5, 5.41) is 2.24. The zero-order chi connectivity index (χ0) is 14.8. The Morgan fingerprint density at radius 1 is 1.30 bits per heavy atom. The van der Waals surface area contributed by atoms with Crippen molar-refractivity contribution in [3.63, 3.8) is 0 Å². The van der Waals surface area contributed by atoms with Crippen molar-refractivity contribution in [2.45, 2.75) is 30.7 Å². The summed E-state index contributed by atoms with van der Waals surface area (Å²) in [7, 11) is -3.57. The van der Waals surface area contributed by atoms with Gasteiger partial charge in [-0.3, -0.25) is 4.98 Å². The molecule has 0 unspecified atom stereocenters. The molecule has 6 heteroatoms. The first kappa shape index (κ1) is 15.4. The molecule has 1 N–H and O–H groups in total. The van der Waals surface area contributed by atoms with Gasteiger partial charge in [0.05, 0.1) is 4.90 Å². The van der Waals surface area contributed by atoms with Crippen molar-refractivity contribution in [1.82, 2.24) is 9.71 Å². The number of halogens is 1. The second-order valence-corrected chi connectivity index (χ2v) is 7.73. The molecule has 0 aliphatic rings. The standard InChI is InChI=1S/C14H17BrN2O2S/c1-14(2,7-8-15)17-20(18,19)13-5-3-4-11-10-16-9-6-12(11)13/h3-6,9-10,17H,7-8H2,1-2H3. The Hall–Kier alpha value is -0.980. The highest BCUT2D eigenvalue weighted by Gasteiger charge is 2.26. The summed E-state index contributed by atoms with van der Waals surface area (Å²) < 4.78 is 27.9. The fraction of sp³-hybridized carbons (Fsp3) is 0.357. The van der Waals surface area contributed by atoms with Gasteiger partial charge in [0.1, 0.15) is 0 Å². The molecule has 0 saturated carbocycles. The van der Waals surface area contributed by atoms with Crippen LogP contribution in [0.1, 0.15) is 20.3 Å². The predicted octanol–water partition coefficient (Wildman–Crippen LogP) is 3.08. The number of hydrogen-bond acceptors (Lipinski definition) is 3. The topological polar surface area (TPSA) is 59.1 Å². The van der Waals surface area contributed by atoms with E-state index in [0.29, 0.717) is 16.7 Å². The molecule has 1 aromatic carbocycles. The van der Waals surface area contributed by atoms with Gasteiger partial charge < -0.3 is 0 Å². The van der Waals surface area contributed by atoms with Crippen molar-refractivity contribution in [3.8, 4) is 0 Å². The van der Waals surface area contributed by atoms with Crippen LogP contribution >= 0.6 is 15.9 Å². The zero-order valence-electron chi connectivity index (χ0n) is 11.4. The van der Waals surface area contributed by atoms with Gasteiger partial charge in [0.15, 0.2) is 0 Å². The minimum Gasteiger partial charge on any atom is -0.264 e. The van der Waals surface area contributed by atoms with Crippen LogP contribution in [0.4, 0.5) is 0 Å². The summed E-state index contributed by atoms with van der Waals surface area (Å²) in [5.41, 5.74) is -0.502. The van der Waals surface area contributed by atoms with E-state index in [2.05, 4.69) is 25.6 Å². The molecule has 0 amide bonds. The molecule has 0 aliphatic carbocycles. The maximum absolute atomic E-state index is 12.6. The molecule has 4 nitrogen and oxygen atoms in total. The van der Waals surface area contributed by atoms with Gasteiger partial charge in [-0.2, -0.15) is 0 Å². The molecule has 1 aromatic heterocycles. The number of hydrogen-bond donors (Lipinski definition) is 1. The van der Waals surface area contributed by atoms with Crippen molar-refractivity contribution in [2.75, 3.05) is 5.33 Å². The number of aromatic nitrogens is 1. The van der Waals surface area contributed by atoms with E-state index in [-0.39, 0.29) is 0 Å². The van der Waals surface area contributed by atoms with E-state index in [1.165, 1.54) is 0 Å². The first-order valence-electron chi connectivity index (χ1n) is 6.28. The molecule has 20 heavy (non-hydrogen) atoms. The van der Waals surface area contributed by atoms with Crippen LogP contribution in [0.3, 0.4) is 0 Å². The van der Waals surface area contributed by atoms with Gasteiger partial charge >= 0.3 is 0 Å². The van der Waals surface area contributed by atoms with Crippen LogP contribution in [0, 0.1) is 0 Å². The SMILES string of the molecule is CC(C)(CCBr)NS(=O)(=O)c1cccc2cnccc12. The van der Waals surface area contributed by atoms with Gasteiger partial charge in [0.25, 0.3) is 0 Å². The molecule has 2 rings (SSSR count). The first-order chi connectivity index (χ1) is 9.36. The van der Waals surface area contributed by atoms with Crippen LogP contribution in [0.25, 0.3) is 10.8 Å². The third-order valence-electron chi connectivity index (χ3n) is 3.06. The third kappa shape index (κ3) is 3.37. The molecule has 0 bridgehead atoms. The minimum absolute atomic E-state index is 0.292. The number of sulfonamides is 1. The van der Waals surface area contributed by atoms with Crippen LogP contribution in [0.5, 0.6) is 0 Å². The Bertz CT molecular complexity index is 709. The summed E-state index contributed by atoms with van der Waals surface area (Å²) in [6.45, 7) is 3.75. The predicted molar refractivity (Wildman–Crippen MR) is 84.6 cm³/mol. The van der Waals surface area contributed by atoms with Gasteiger partial charge in [-0.15, -0.1) is 0 Å². The summed E-state index contributed by atoms with van der Waals surface area (Å²) in [4.78, 5) is 4.31. The van der Waals surface area contributed by atoms with E-state index >= 15 is 0 Å². The molecule has 108 valence electrons.